The Morgan fingerprint density at radius 1 is 1.24 bits per heavy atom. The average molecular weight is 268 g/mol. The first kappa shape index (κ1) is 12.0. The second kappa shape index (κ2) is 5.25. The van der Waals surface area contributed by atoms with Crippen LogP contribution in [0.25, 0.3) is 0 Å². The number of anilines is 2. The molecule has 88 valence electrons. The molecule has 0 bridgehead atoms. The summed E-state index contributed by atoms with van der Waals surface area (Å²) in [7, 11) is 0. The zero-order chi connectivity index (χ0) is 12.3. The van der Waals surface area contributed by atoms with E-state index in [2.05, 4.69) is 10.3 Å². The highest BCUT2D eigenvalue weighted by Crippen LogP contribution is 2.32. The maximum atomic E-state index is 6.06. The first-order valence-corrected chi connectivity index (χ1v) is 5.79. The van der Waals surface area contributed by atoms with Crippen molar-refractivity contribution < 1.29 is 0 Å². The topological polar surface area (TPSA) is 50.9 Å². The van der Waals surface area contributed by atoms with E-state index in [9.17, 15) is 0 Å². The van der Waals surface area contributed by atoms with Crippen molar-refractivity contribution in [3.63, 3.8) is 0 Å². The van der Waals surface area contributed by atoms with Crippen LogP contribution in [0, 0.1) is 0 Å². The van der Waals surface area contributed by atoms with Crippen molar-refractivity contribution in [3.8, 4) is 0 Å². The Balaban J connectivity index is 2.15. The quantitative estimate of drug-likeness (QED) is 0.836. The Morgan fingerprint density at radius 3 is 2.53 bits per heavy atom. The molecule has 0 aliphatic carbocycles. The van der Waals surface area contributed by atoms with Gasteiger partial charge < -0.3 is 11.1 Å². The number of nitrogen functional groups attached to an aromatic ring is 1. The molecule has 0 aliphatic heterocycles. The van der Waals surface area contributed by atoms with Gasteiger partial charge in [-0.25, -0.2) is 0 Å². The maximum Gasteiger partial charge on any atom is 0.0723 e. The standard InChI is InChI=1S/C12H11Cl2N3/c13-10-4-9(15)5-11(14)12(10)17-7-8-2-1-3-16-6-8/h1-6,17H,7,15H2. The molecule has 0 radical (unpaired) electrons. The van der Waals surface area contributed by atoms with Gasteiger partial charge in [-0.1, -0.05) is 29.3 Å². The van der Waals surface area contributed by atoms with Crippen LogP contribution in [0.4, 0.5) is 11.4 Å². The van der Waals surface area contributed by atoms with E-state index in [1.54, 1.807) is 24.5 Å². The summed E-state index contributed by atoms with van der Waals surface area (Å²) >= 11 is 12.1. The molecule has 0 saturated carbocycles. The summed E-state index contributed by atoms with van der Waals surface area (Å²) in [6, 6.07) is 7.18. The summed E-state index contributed by atoms with van der Waals surface area (Å²) < 4.78 is 0. The Kier molecular flexibility index (Phi) is 3.71. The van der Waals surface area contributed by atoms with Gasteiger partial charge in [0, 0.05) is 24.6 Å². The Labute approximate surface area is 110 Å². The number of hydrogen-bond donors (Lipinski definition) is 2. The summed E-state index contributed by atoms with van der Waals surface area (Å²) in [5, 5.41) is 4.19. The summed E-state index contributed by atoms with van der Waals surface area (Å²) in [5.74, 6) is 0. The third-order valence-electron chi connectivity index (χ3n) is 2.26. The highest BCUT2D eigenvalue weighted by Gasteiger charge is 2.06. The minimum absolute atomic E-state index is 0.513. The molecule has 17 heavy (non-hydrogen) atoms. The summed E-state index contributed by atoms with van der Waals surface area (Å²) in [4.78, 5) is 4.03. The molecule has 3 N–H and O–H groups in total. The molecule has 2 rings (SSSR count). The third kappa shape index (κ3) is 3.02. The van der Waals surface area contributed by atoms with Crippen LogP contribution >= 0.6 is 23.2 Å². The summed E-state index contributed by atoms with van der Waals surface area (Å²) in [6.07, 6.45) is 3.51. The van der Waals surface area contributed by atoms with E-state index in [1.807, 2.05) is 12.1 Å². The summed E-state index contributed by atoms with van der Waals surface area (Å²) in [6.45, 7) is 0.608. The lowest BCUT2D eigenvalue weighted by atomic mass is 10.2. The molecule has 0 aliphatic rings. The molecule has 1 heterocycles. The Hall–Kier alpha value is -1.45. The summed E-state index contributed by atoms with van der Waals surface area (Å²) in [5.41, 5.74) is 7.92. The average Bonchev–Trinajstić information content (AvgIpc) is 2.29. The lowest BCUT2D eigenvalue weighted by molar-refractivity contribution is 1.11. The van der Waals surface area contributed by atoms with E-state index in [1.165, 1.54) is 0 Å². The predicted octanol–water partition coefficient (Wildman–Crippen LogP) is 3.58. The molecule has 5 heteroatoms. The number of halogens is 2. The van der Waals surface area contributed by atoms with Crippen molar-refractivity contribution in [2.24, 2.45) is 0 Å². The number of nitrogens with zero attached hydrogens (tertiary/aromatic N) is 1. The molecular formula is C12H11Cl2N3. The number of pyridine rings is 1. The SMILES string of the molecule is Nc1cc(Cl)c(NCc2cccnc2)c(Cl)c1. The largest absolute Gasteiger partial charge is 0.399 e. The number of aromatic nitrogens is 1. The van der Waals surface area contributed by atoms with Crippen LogP contribution in [-0.4, -0.2) is 4.98 Å². The van der Waals surface area contributed by atoms with Gasteiger partial charge in [0.15, 0.2) is 0 Å². The molecule has 0 fully saturated rings. The first-order chi connectivity index (χ1) is 8.16. The normalized spacial score (nSPS) is 10.2. The number of nitrogens with two attached hydrogens (primary N) is 1. The fraction of sp³-hybridized carbons (Fsp3) is 0.0833. The van der Waals surface area contributed by atoms with Crippen molar-refractivity contribution in [1.82, 2.24) is 4.98 Å². The van der Waals surface area contributed by atoms with Gasteiger partial charge in [-0.05, 0) is 23.8 Å². The van der Waals surface area contributed by atoms with E-state index in [-0.39, 0.29) is 0 Å². The van der Waals surface area contributed by atoms with E-state index in [0.717, 1.165) is 5.56 Å². The van der Waals surface area contributed by atoms with Crippen LogP contribution in [0.2, 0.25) is 10.0 Å². The zero-order valence-electron chi connectivity index (χ0n) is 8.95. The van der Waals surface area contributed by atoms with Gasteiger partial charge >= 0.3 is 0 Å². The Bertz CT molecular complexity index is 491. The number of hydrogen-bond acceptors (Lipinski definition) is 3. The molecule has 0 unspecified atom stereocenters. The minimum Gasteiger partial charge on any atom is -0.399 e. The smallest absolute Gasteiger partial charge is 0.0723 e. The van der Waals surface area contributed by atoms with Crippen LogP contribution < -0.4 is 11.1 Å². The fourth-order valence-electron chi connectivity index (χ4n) is 1.45. The van der Waals surface area contributed by atoms with Crippen molar-refractivity contribution in [1.29, 1.82) is 0 Å². The van der Waals surface area contributed by atoms with Crippen molar-refractivity contribution in [3.05, 3.63) is 52.3 Å². The number of nitrogens with one attached hydrogen (secondary N) is 1. The molecule has 0 amide bonds. The van der Waals surface area contributed by atoms with E-state index in [0.29, 0.717) is 28.0 Å². The van der Waals surface area contributed by atoms with Gasteiger partial charge in [0.2, 0.25) is 0 Å². The second-order valence-electron chi connectivity index (χ2n) is 3.57. The van der Waals surface area contributed by atoms with Crippen molar-refractivity contribution in [2.45, 2.75) is 6.54 Å². The first-order valence-electron chi connectivity index (χ1n) is 5.04. The predicted molar refractivity (Wildman–Crippen MR) is 72.4 cm³/mol. The Morgan fingerprint density at radius 2 is 1.94 bits per heavy atom. The minimum atomic E-state index is 0.513. The van der Waals surface area contributed by atoms with E-state index in [4.69, 9.17) is 28.9 Å². The monoisotopic (exact) mass is 267 g/mol. The maximum absolute atomic E-state index is 6.06. The molecule has 2 aromatic rings. The molecule has 1 aromatic heterocycles. The second-order valence-corrected chi connectivity index (χ2v) is 4.39. The van der Waals surface area contributed by atoms with Crippen molar-refractivity contribution in [2.75, 3.05) is 11.1 Å². The fourth-order valence-corrected chi connectivity index (χ4v) is 2.09. The molecule has 3 nitrogen and oxygen atoms in total. The van der Waals surface area contributed by atoms with E-state index >= 15 is 0 Å². The molecule has 0 saturated heterocycles. The third-order valence-corrected chi connectivity index (χ3v) is 2.85. The van der Waals surface area contributed by atoms with Crippen LogP contribution in [-0.2, 0) is 6.54 Å². The molecule has 1 aromatic carbocycles. The van der Waals surface area contributed by atoms with Gasteiger partial charge in [0.1, 0.15) is 0 Å². The molecule has 0 spiro atoms. The molecule has 0 atom stereocenters. The van der Waals surface area contributed by atoms with Gasteiger partial charge in [-0.15, -0.1) is 0 Å². The van der Waals surface area contributed by atoms with E-state index < -0.39 is 0 Å². The van der Waals surface area contributed by atoms with Crippen LogP contribution in [0.5, 0.6) is 0 Å². The molecular weight excluding hydrogens is 257 g/mol. The zero-order valence-corrected chi connectivity index (χ0v) is 10.5. The highest BCUT2D eigenvalue weighted by molar-refractivity contribution is 6.39. The lowest BCUT2D eigenvalue weighted by Gasteiger charge is -2.11. The lowest BCUT2D eigenvalue weighted by Crippen LogP contribution is -2.01. The number of benzene rings is 1. The van der Waals surface area contributed by atoms with Crippen LogP contribution in [0.15, 0.2) is 36.7 Å². The van der Waals surface area contributed by atoms with Crippen LogP contribution in [0.1, 0.15) is 5.56 Å². The van der Waals surface area contributed by atoms with Gasteiger partial charge in [-0.2, -0.15) is 0 Å². The van der Waals surface area contributed by atoms with Gasteiger partial charge in [0.25, 0.3) is 0 Å². The van der Waals surface area contributed by atoms with Gasteiger partial charge in [0.05, 0.1) is 15.7 Å². The van der Waals surface area contributed by atoms with Crippen molar-refractivity contribution >= 4 is 34.6 Å². The van der Waals surface area contributed by atoms with Gasteiger partial charge in [-0.3, -0.25) is 4.98 Å². The number of rotatable bonds is 3. The van der Waals surface area contributed by atoms with Crippen LogP contribution in [0.3, 0.4) is 0 Å². The highest BCUT2D eigenvalue weighted by atomic mass is 35.5.